The Morgan fingerprint density at radius 1 is 1.24 bits per heavy atom. The lowest BCUT2D eigenvalue weighted by molar-refractivity contribution is -0.0719. The van der Waals surface area contributed by atoms with Crippen LogP contribution in [-0.4, -0.2) is 36.7 Å². The van der Waals surface area contributed by atoms with Crippen molar-refractivity contribution in [2.75, 3.05) is 19.7 Å². The zero-order chi connectivity index (χ0) is 15.4. The van der Waals surface area contributed by atoms with Gasteiger partial charge in [-0.1, -0.05) is 45.0 Å². The molecule has 1 aliphatic heterocycles. The van der Waals surface area contributed by atoms with Gasteiger partial charge < -0.3 is 10.5 Å². The molecule has 0 radical (unpaired) electrons. The zero-order valence-electron chi connectivity index (χ0n) is 13.9. The van der Waals surface area contributed by atoms with Gasteiger partial charge in [-0.05, 0) is 30.4 Å². The SMILES string of the molecule is CCC1COC(C)CN1C(CN)c1ccc(C(C)C)cc1. The maximum absolute atomic E-state index is 6.11. The summed E-state index contributed by atoms with van der Waals surface area (Å²) < 4.78 is 5.81. The molecular formula is C18H30N2O. The summed E-state index contributed by atoms with van der Waals surface area (Å²) in [4.78, 5) is 2.54. The number of ether oxygens (including phenoxy) is 1. The Morgan fingerprint density at radius 3 is 2.38 bits per heavy atom. The Morgan fingerprint density at radius 2 is 1.86 bits per heavy atom. The van der Waals surface area contributed by atoms with E-state index in [1.807, 2.05) is 0 Å². The van der Waals surface area contributed by atoms with Gasteiger partial charge in [0.2, 0.25) is 0 Å². The van der Waals surface area contributed by atoms with Crippen LogP contribution in [0.25, 0.3) is 0 Å². The molecule has 3 heteroatoms. The molecule has 2 rings (SSSR count). The molecule has 1 saturated heterocycles. The summed E-state index contributed by atoms with van der Waals surface area (Å²) in [6.45, 7) is 11.3. The van der Waals surface area contributed by atoms with E-state index in [0.29, 0.717) is 24.5 Å². The van der Waals surface area contributed by atoms with Gasteiger partial charge in [-0.2, -0.15) is 0 Å². The predicted molar refractivity (Wildman–Crippen MR) is 88.5 cm³/mol. The summed E-state index contributed by atoms with van der Waals surface area (Å²) in [5, 5.41) is 0. The van der Waals surface area contributed by atoms with E-state index in [4.69, 9.17) is 10.5 Å². The van der Waals surface area contributed by atoms with Crippen LogP contribution in [0.4, 0.5) is 0 Å². The fourth-order valence-corrected chi connectivity index (χ4v) is 3.17. The van der Waals surface area contributed by atoms with Crippen LogP contribution in [0, 0.1) is 0 Å². The van der Waals surface area contributed by atoms with Crippen LogP contribution in [0.3, 0.4) is 0 Å². The second-order valence-electron chi connectivity index (χ2n) is 6.48. The van der Waals surface area contributed by atoms with Gasteiger partial charge in [-0.25, -0.2) is 0 Å². The minimum absolute atomic E-state index is 0.289. The molecule has 0 saturated carbocycles. The first-order valence-electron chi connectivity index (χ1n) is 8.24. The largest absolute Gasteiger partial charge is 0.376 e. The van der Waals surface area contributed by atoms with Crippen LogP contribution >= 0.6 is 0 Å². The molecule has 0 bridgehead atoms. The molecule has 0 amide bonds. The lowest BCUT2D eigenvalue weighted by atomic mass is 9.96. The molecule has 0 aliphatic carbocycles. The predicted octanol–water partition coefficient (Wildman–Crippen LogP) is 3.31. The Labute approximate surface area is 129 Å². The number of hydrogen-bond donors (Lipinski definition) is 1. The first kappa shape index (κ1) is 16.5. The topological polar surface area (TPSA) is 38.5 Å². The molecule has 0 aromatic heterocycles. The third-order valence-corrected chi connectivity index (χ3v) is 4.59. The fraction of sp³-hybridized carbons (Fsp3) is 0.667. The molecule has 2 N–H and O–H groups in total. The molecule has 0 spiro atoms. The van der Waals surface area contributed by atoms with E-state index in [2.05, 4.69) is 56.9 Å². The lowest BCUT2D eigenvalue weighted by Crippen LogP contribution is -2.51. The normalized spacial score (nSPS) is 25.2. The molecule has 1 heterocycles. The smallest absolute Gasteiger partial charge is 0.0675 e. The molecule has 118 valence electrons. The first-order valence-corrected chi connectivity index (χ1v) is 8.24. The van der Waals surface area contributed by atoms with Crippen molar-refractivity contribution in [2.24, 2.45) is 5.73 Å². The van der Waals surface area contributed by atoms with Crippen LogP contribution in [0.15, 0.2) is 24.3 Å². The molecule has 1 aliphatic rings. The molecule has 1 aromatic rings. The third-order valence-electron chi connectivity index (χ3n) is 4.59. The van der Waals surface area contributed by atoms with Crippen LogP contribution in [0.2, 0.25) is 0 Å². The molecule has 3 atom stereocenters. The highest BCUT2D eigenvalue weighted by Crippen LogP contribution is 2.28. The Bertz CT molecular complexity index is 429. The Kier molecular flexibility index (Phi) is 5.80. The van der Waals surface area contributed by atoms with Gasteiger partial charge in [0.1, 0.15) is 0 Å². The summed E-state index contributed by atoms with van der Waals surface area (Å²) in [7, 11) is 0. The number of benzene rings is 1. The van der Waals surface area contributed by atoms with E-state index in [1.54, 1.807) is 0 Å². The maximum Gasteiger partial charge on any atom is 0.0675 e. The molecule has 1 aromatic carbocycles. The average molecular weight is 290 g/mol. The number of nitrogens with two attached hydrogens (primary N) is 1. The van der Waals surface area contributed by atoms with E-state index in [-0.39, 0.29) is 6.10 Å². The highest BCUT2D eigenvalue weighted by atomic mass is 16.5. The lowest BCUT2D eigenvalue weighted by Gasteiger charge is -2.43. The monoisotopic (exact) mass is 290 g/mol. The van der Waals surface area contributed by atoms with Gasteiger partial charge >= 0.3 is 0 Å². The first-order chi connectivity index (χ1) is 10.1. The van der Waals surface area contributed by atoms with Gasteiger partial charge in [0.25, 0.3) is 0 Å². The highest BCUT2D eigenvalue weighted by Gasteiger charge is 2.31. The summed E-state index contributed by atoms with van der Waals surface area (Å²) in [6.07, 6.45) is 1.39. The second-order valence-corrected chi connectivity index (χ2v) is 6.48. The van der Waals surface area contributed by atoms with Crippen LogP contribution in [0.1, 0.15) is 57.2 Å². The number of nitrogens with zero attached hydrogens (tertiary/aromatic N) is 1. The van der Waals surface area contributed by atoms with E-state index < -0.39 is 0 Å². The minimum Gasteiger partial charge on any atom is -0.376 e. The molecule has 1 fully saturated rings. The Hall–Kier alpha value is -0.900. The van der Waals surface area contributed by atoms with E-state index in [0.717, 1.165) is 19.6 Å². The molecule has 3 unspecified atom stereocenters. The van der Waals surface area contributed by atoms with Gasteiger partial charge in [-0.15, -0.1) is 0 Å². The number of rotatable bonds is 5. The van der Waals surface area contributed by atoms with Gasteiger partial charge in [0.05, 0.1) is 12.7 Å². The molecule has 3 nitrogen and oxygen atoms in total. The van der Waals surface area contributed by atoms with Crippen molar-refractivity contribution in [3.05, 3.63) is 35.4 Å². The van der Waals surface area contributed by atoms with Crippen LogP contribution < -0.4 is 5.73 Å². The van der Waals surface area contributed by atoms with Gasteiger partial charge in [0.15, 0.2) is 0 Å². The Balaban J connectivity index is 2.20. The quantitative estimate of drug-likeness (QED) is 0.904. The van der Waals surface area contributed by atoms with Crippen molar-refractivity contribution in [1.82, 2.24) is 4.90 Å². The molecular weight excluding hydrogens is 260 g/mol. The third kappa shape index (κ3) is 3.85. The van der Waals surface area contributed by atoms with Crippen LogP contribution in [0.5, 0.6) is 0 Å². The van der Waals surface area contributed by atoms with Crippen molar-refractivity contribution in [1.29, 1.82) is 0 Å². The average Bonchev–Trinajstić information content (AvgIpc) is 2.49. The second kappa shape index (κ2) is 7.39. The summed E-state index contributed by atoms with van der Waals surface area (Å²) in [6, 6.07) is 9.75. The number of morpholine rings is 1. The minimum atomic E-state index is 0.289. The van der Waals surface area contributed by atoms with Crippen molar-refractivity contribution >= 4 is 0 Å². The van der Waals surface area contributed by atoms with Crippen molar-refractivity contribution in [3.8, 4) is 0 Å². The number of hydrogen-bond acceptors (Lipinski definition) is 3. The van der Waals surface area contributed by atoms with E-state index in [1.165, 1.54) is 11.1 Å². The molecule has 21 heavy (non-hydrogen) atoms. The van der Waals surface area contributed by atoms with E-state index in [9.17, 15) is 0 Å². The van der Waals surface area contributed by atoms with Gasteiger partial charge in [-0.3, -0.25) is 4.90 Å². The zero-order valence-corrected chi connectivity index (χ0v) is 13.9. The van der Waals surface area contributed by atoms with Crippen LogP contribution in [-0.2, 0) is 4.74 Å². The van der Waals surface area contributed by atoms with Crippen molar-refractivity contribution < 1.29 is 4.74 Å². The van der Waals surface area contributed by atoms with Crippen molar-refractivity contribution in [3.63, 3.8) is 0 Å². The standard InChI is InChI=1S/C18H30N2O/c1-5-17-12-21-14(4)11-20(17)18(10-19)16-8-6-15(7-9-16)13(2)3/h6-9,13-14,17-18H,5,10-12,19H2,1-4H3. The summed E-state index contributed by atoms with van der Waals surface area (Å²) in [5.41, 5.74) is 8.83. The van der Waals surface area contributed by atoms with Gasteiger partial charge in [0, 0.05) is 25.2 Å². The maximum atomic E-state index is 6.11. The highest BCUT2D eigenvalue weighted by molar-refractivity contribution is 5.27. The van der Waals surface area contributed by atoms with E-state index >= 15 is 0 Å². The summed E-state index contributed by atoms with van der Waals surface area (Å²) in [5.74, 6) is 0.571. The van der Waals surface area contributed by atoms with Crippen molar-refractivity contribution in [2.45, 2.75) is 58.2 Å². The fourth-order valence-electron chi connectivity index (χ4n) is 3.17. The summed E-state index contributed by atoms with van der Waals surface area (Å²) >= 11 is 0.